The quantitative estimate of drug-likeness (QED) is 0.540. The minimum absolute atomic E-state index is 0. The molecule has 1 aromatic carbocycles. The number of para-hydroxylation sites is 2. The van der Waals surface area contributed by atoms with Crippen LogP contribution in [0.5, 0.6) is 0 Å². The fourth-order valence-corrected chi connectivity index (χ4v) is 1.30. The lowest BCUT2D eigenvalue weighted by Crippen LogP contribution is -2.19. The molecule has 0 atom stereocenters. The maximum atomic E-state index is 10.4. The second-order valence-corrected chi connectivity index (χ2v) is 3.06. The van der Waals surface area contributed by atoms with Crippen LogP contribution in [0.4, 0.5) is 0 Å². The molecular formula is C7H5ClN2O2S. The Bertz CT molecular complexity index is 532. The minimum Gasteiger partial charge on any atom is -0.213 e. The zero-order chi connectivity index (χ0) is 8.55. The van der Waals surface area contributed by atoms with Crippen molar-refractivity contribution < 1.29 is 8.42 Å². The minimum atomic E-state index is -2.33. The standard InChI is InChI=1S/C7H4N2O2S.ClH/c10-12(11)7-8-5-3-1-2-4-6(5)9-7;/h1-4H;1H. The topological polar surface area (TPSA) is 58.9 Å². The third-order valence-corrected chi connectivity index (χ3v) is 1.94. The van der Waals surface area contributed by atoms with Crippen molar-refractivity contribution >= 4 is 27.8 Å². The van der Waals surface area contributed by atoms with Crippen LogP contribution in [0.3, 0.4) is 0 Å². The van der Waals surface area contributed by atoms with Gasteiger partial charge in [-0.25, -0.2) is 9.98 Å². The molecule has 68 valence electrons. The first kappa shape index (κ1) is 9.88. The SMILES string of the molecule is Cl.O=S(=O)=C1N=c2ccccc2=N1. The summed E-state index contributed by atoms with van der Waals surface area (Å²) in [5.41, 5.74) is 0. The molecule has 0 spiro atoms. The zero-order valence-corrected chi connectivity index (χ0v) is 7.97. The molecule has 0 amide bonds. The molecule has 0 bridgehead atoms. The number of halogens is 1. The Labute approximate surface area is 81.6 Å². The number of hydrogen-bond acceptors (Lipinski definition) is 2. The fraction of sp³-hybridized carbons (Fsp3) is 0. The summed E-state index contributed by atoms with van der Waals surface area (Å²) in [5.74, 6) is 0. The molecule has 0 aliphatic carbocycles. The van der Waals surface area contributed by atoms with Crippen molar-refractivity contribution in [3.8, 4) is 0 Å². The first-order valence-corrected chi connectivity index (χ1v) is 4.33. The smallest absolute Gasteiger partial charge is 0.213 e. The van der Waals surface area contributed by atoms with Gasteiger partial charge < -0.3 is 0 Å². The maximum absolute atomic E-state index is 10.4. The van der Waals surface area contributed by atoms with E-state index in [1.54, 1.807) is 24.3 Å². The van der Waals surface area contributed by atoms with E-state index in [0.29, 0.717) is 10.7 Å². The monoisotopic (exact) mass is 216 g/mol. The van der Waals surface area contributed by atoms with Crippen LogP contribution in [0, 0.1) is 0 Å². The first-order chi connectivity index (χ1) is 5.77. The molecule has 0 saturated carbocycles. The average molecular weight is 217 g/mol. The summed E-state index contributed by atoms with van der Waals surface area (Å²) in [6.07, 6.45) is 0. The van der Waals surface area contributed by atoms with Gasteiger partial charge in [0.2, 0.25) is 0 Å². The Morgan fingerprint density at radius 1 is 1.00 bits per heavy atom. The highest BCUT2D eigenvalue weighted by Gasteiger charge is 2.02. The predicted molar refractivity (Wildman–Crippen MR) is 49.9 cm³/mol. The molecule has 1 aromatic rings. The van der Waals surface area contributed by atoms with Crippen LogP contribution in [0.25, 0.3) is 0 Å². The molecule has 6 heteroatoms. The van der Waals surface area contributed by atoms with Crippen LogP contribution in [0.2, 0.25) is 0 Å². The number of benzene rings is 1. The lowest BCUT2D eigenvalue weighted by atomic mass is 10.3. The highest BCUT2D eigenvalue weighted by atomic mass is 35.5. The Morgan fingerprint density at radius 2 is 1.46 bits per heavy atom. The first-order valence-electron chi connectivity index (χ1n) is 3.26. The molecule has 13 heavy (non-hydrogen) atoms. The van der Waals surface area contributed by atoms with Crippen molar-refractivity contribution in [1.82, 2.24) is 0 Å². The zero-order valence-electron chi connectivity index (χ0n) is 6.34. The van der Waals surface area contributed by atoms with Crippen molar-refractivity contribution in [2.24, 2.45) is 9.98 Å². The molecule has 0 N–H and O–H groups in total. The number of nitrogens with zero attached hydrogens (tertiary/aromatic N) is 2. The summed E-state index contributed by atoms with van der Waals surface area (Å²) >= 11 is 0. The molecule has 0 aromatic heterocycles. The van der Waals surface area contributed by atoms with Gasteiger partial charge in [0.05, 0.1) is 10.7 Å². The van der Waals surface area contributed by atoms with Crippen LogP contribution in [-0.2, 0) is 10.3 Å². The van der Waals surface area contributed by atoms with Crippen LogP contribution in [-0.4, -0.2) is 13.5 Å². The number of fused-ring (bicyclic) bond motifs is 1. The predicted octanol–water partition coefficient (Wildman–Crippen LogP) is -0.672. The van der Waals surface area contributed by atoms with Gasteiger partial charge >= 0.3 is 0 Å². The van der Waals surface area contributed by atoms with Gasteiger partial charge in [0.15, 0.2) is 0 Å². The van der Waals surface area contributed by atoms with Gasteiger partial charge in [0, 0.05) is 0 Å². The highest BCUT2D eigenvalue weighted by molar-refractivity contribution is 7.72. The third kappa shape index (κ3) is 1.76. The van der Waals surface area contributed by atoms with Crippen molar-refractivity contribution in [2.45, 2.75) is 0 Å². The number of hydrogen-bond donors (Lipinski definition) is 0. The second kappa shape index (κ2) is 3.68. The maximum Gasteiger partial charge on any atom is 0.277 e. The van der Waals surface area contributed by atoms with E-state index in [1.807, 2.05) is 0 Å². The molecule has 4 nitrogen and oxygen atoms in total. The van der Waals surface area contributed by atoms with E-state index in [1.165, 1.54) is 0 Å². The third-order valence-electron chi connectivity index (χ3n) is 1.46. The molecule has 0 radical (unpaired) electrons. The molecule has 0 saturated heterocycles. The van der Waals surface area contributed by atoms with Gasteiger partial charge in [-0.1, -0.05) is 12.1 Å². The van der Waals surface area contributed by atoms with Crippen LogP contribution < -0.4 is 10.7 Å². The van der Waals surface area contributed by atoms with Crippen molar-refractivity contribution in [1.29, 1.82) is 0 Å². The second-order valence-electron chi connectivity index (χ2n) is 2.23. The molecule has 0 unspecified atom stereocenters. The van der Waals surface area contributed by atoms with Gasteiger partial charge in [-0.3, -0.25) is 0 Å². The average Bonchev–Trinajstić information content (AvgIpc) is 2.46. The van der Waals surface area contributed by atoms with Gasteiger partial charge in [-0.05, 0) is 12.1 Å². The van der Waals surface area contributed by atoms with E-state index >= 15 is 0 Å². The van der Waals surface area contributed by atoms with E-state index in [-0.39, 0.29) is 17.5 Å². The van der Waals surface area contributed by atoms with Crippen molar-refractivity contribution in [3.05, 3.63) is 35.0 Å². The van der Waals surface area contributed by atoms with Crippen LogP contribution >= 0.6 is 12.4 Å². The highest BCUT2D eigenvalue weighted by Crippen LogP contribution is 1.82. The molecule has 1 heterocycles. The summed E-state index contributed by atoms with van der Waals surface area (Å²) in [6.45, 7) is 0. The lowest BCUT2D eigenvalue weighted by Gasteiger charge is -1.75. The fourth-order valence-electron chi connectivity index (χ4n) is 0.959. The molecular weight excluding hydrogens is 212 g/mol. The van der Waals surface area contributed by atoms with E-state index in [4.69, 9.17) is 0 Å². The summed E-state index contributed by atoms with van der Waals surface area (Å²) in [6, 6.07) is 7.01. The summed E-state index contributed by atoms with van der Waals surface area (Å²) < 4.78 is 20.9. The van der Waals surface area contributed by atoms with Crippen molar-refractivity contribution in [3.63, 3.8) is 0 Å². The van der Waals surface area contributed by atoms with Crippen LogP contribution in [0.15, 0.2) is 34.3 Å². The Morgan fingerprint density at radius 3 is 1.85 bits per heavy atom. The Hall–Kier alpha value is -1.20. The normalized spacial score (nSPS) is 12.2. The molecule has 1 aliphatic heterocycles. The van der Waals surface area contributed by atoms with E-state index in [2.05, 4.69) is 9.98 Å². The molecule has 0 fully saturated rings. The van der Waals surface area contributed by atoms with Gasteiger partial charge in [-0.15, -0.1) is 12.4 Å². The van der Waals surface area contributed by atoms with Gasteiger partial charge in [-0.2, -0.15) is 8.42 Å². The largest absolute Gasteiger partial charge is 0.277 e. The van der Waals surface area contributed by atoms with Crippen molar-refractivity contribution in [2.75, 3.05) is 0 Å². The van der Waals surface area contributed by atoms with E-state index < -0.39 is 10.3 Å². The molecule has 2 rings (SSSR count). The van der Waals surface area contributed by atoms with Gasteiger partial charge in [0.1, 0.15) is 0 Å². The summed E-state index contributed by atoms with van der Waals surface area (Å²) in [7, 11) is -2.33. The van der Waals surface area contributed by atoms with Gasteiger partial charge in [0.25, 0.3) is 15.4 Å². The lowest BCUT2D eigenvalue weighted by molar-refractivity contribution is 0.626. The summed E-state index contributed by atoms with van der Waals surface area (Å²) in [4.78, 5) is 7.58. The summed E-state index contributed by atoms with van der Waals surface area (Å²) in [5, 5.41) is 1.07. The number of rotatable bonds is 0. The van der Waals surface area contributed by atoms with E-state index in [0.717, 1.165) is 0 Å². The Kier molecular flexibility index (Phi) is 2.79. The van der Waals surface area contributed by atoms with Crippen LogP contribution in [0.1, 0.15) is 0 Å². The Balaban J connectivity index is 0.000000845. The van der Waals surface area contributed by atoms with E-state index in [9.17, 15) is 8.42 Å². The molecule has 1 aliphatic rings.